The maximum atomic E-state index is 11.7. The Hall–Kier alpha value is -2.34. The monoisotopic (exact) mass is 477 g/mol. The smallest absolute Gasteiger partial charge is 0.224 e. The molecule has 2 saturated heterocycles. The van der Waals surface area contributed by atoms with Gasteiger partial charge in [0, 0.05) is 68.9 Å². The number of benzene rings is 1. The predicted octanol–water partition coefficient (Wildman–Crippen LogP) is 5.20. The second-order valence-electron chi connectivity index (χ2n) is 11.3. The van der Waals surface area contributed by atoms with Crippen LogP contribution >= 0.6 is 0 Å². The topological polar surface area (TPSA) is 53.4 Å². The van der Waals surface area contributed by atoms with E-state index in [2.05, 4.69) is 46.8 Å². The van der Waals surface area contributed by atoms with Gasteiger partial charge in [0.15, 0.2) is 0 Å². The van der Waals surface area contributed by atoms with E-state index in [0.717, 1.165) is 61.3 Å². The summed E-state index contributed by atoms with van der Waals surface area (Å²) in [7, 11) is 2.02. The van der Waals surface area contributed by atoms with Gasteiger partial charge < -0.3 is 10.2 Å². The van der Waals surface area contributed by atoms with Crippen LogP contribution in [0.1, 0.15) is 76.3 Å². The molecule has 190 valence electrons. The summed E-state index contributed by atoms with van der Waals surface area (Å²) in [4.78, 5) is 16.9. The first kappa shape index (κ1) is 24.4. The van der Waals surface area contributed by atoms with Crippen LogP contribution in [0, 0.1) is 11.8 Å². The molecule has 6 heteroatoms. The highest BCUT2D eigenvalue weighted by Gasteiger charge is 2.28. The lowest BCUT2D eigenvalue weighted by atomic mass is 9.84. The molecule has 2 atom stereocenters. The molecule has 0 bridgehead atoms. The number of piperidine rings is 1. The number of hydrogen-bond acceptors (Lipinski definition) is 4. The summed E-state index contributed by atoms with van der Waals surface area (Å²) in [6.07, 6.45) is 11.5. The Morgan fingerprint density at radius 3 is 2.63 bits per heavy atom. The SMILES string of the molecule is C=C1NC(=O)CCC1c1nn(C)c2cc(N3CCN(C[C@H](C)CCC4CCCCC4)CC3)ccc12. The van der Waals surface area contributed by atoms with E-state index in [1.54, 1.807) is 0 Å². The van der Waals surface area contributed by atoms with Gasteiger partial charge in [-0.2, -0.15) is 5.10 Å². The zero-order chi connectivity index (χ0) is 24.4. The zero-order valence-electron chi connectivity index (χ0n) is 21.8. The number of fused-ring (bicyclic) bond motifs is 1. The standard InChI is InChI=1S/C29H43N5O/c1-21(9-10-23-7-5-4-6-8-23)20-33-15-17-34(18-16-33)24-11-12-26-27(19-24)32(3)31-29(26)25-13-14-28(35)30-22(25)2/h11-12,19,21,23,25H,2,4-10,13-18,20H2,1,3H3,(H,30,35)/t21-,25?/m1/s1. The van der Waals surface area contributed by atoms with Crippen molar-refractivity contribution in [1.82, 2.24) is 20.0 Å². The number of amides is 1. The fraction of sp³-hybridized carbons (Fsp3) is 0.655. The minimum absolute atomic E-state index is 0.0616. The Morgan fingerprint density at radius 1 is 1.11 bits per heavy atom. The van der Waals surface area contributed by atoms with Gasteiger partial charge >= 0.3 is 0 Å². The molecule has 1 unspecified atom stereocenters. The van der Waals surface area contributed by atoms with Gasteiger partial charge in [-0.05, 0) is 42.9 Å². The van der Waals surface area contributed by atoms with E-state index in [-0.39, 0.29) is 11.8 Å². The first-order valence-corrected chi connectivity index (χ1v) is 13.9. The van der Waals surface area contributed by atoms with Gasteiger partial charge in [0.2, 0.25) is 5.91 Å². The molecule has 3 aliphatic rings. The van der Waals surface area contributed by atoms with Crippen molar-refractivity contribution in [3.05, 3.63) is 36.2 Å². The summed E-state index contributed by atoms with van der Waals surface area (Å²) in [5.41, 5.74) is 4.24. The highest BCUT2D eigenvalue weighted by atomic mass is 16.1. The van der Waals surface area contributed by atoms with Gasteiger partial charge in [0.05, 0.1) is 11.2 Å². The van der Waals surface area contributed by atoms with Crippen LogP contribution in [0.2, 0.25) is 0 Å². The lowest BCUT2D eigenvalue weighted by Crippen LogP contribution is -2.47. The van der Waals surface area contributed by atoms with Crippen LogP contribution < -0.4 is 10.2 Å². The number of anilines is 1. The van der Waals surface area contributed by atoms with Crippen molar-refractivity contribution < 1.29 is 4.79 Å². The maximum absolute atomic E-state index is 11.7. The van der Waals surface area contributed by atoms with Crippen molar-refractivity contribution in [2.45, 2.75) is 70.6 Å². The van der Waals surface area contributed by atoms with Gasteiger partial charge in [-0.25, -0.2) is 0 Å². The Labute approximate surface area is 210 Å². The lowest BCUT2D eigenvalue weighted by molar-refractivity contribution is -0.121. The van der Waals surface area contributed by atoms with Gasteiger partial charge in [-0.15, -0.1) is 0 Å². The summed E-state index contributed by atoms with van der Waals surface area (Å²) >= 11 is 0. The zero-order valence-corrected chi connectivity index (χ0v) is 21.8. The van der Waals surface area contributed by atoms with Crippen LogP contribution in [-0.2, 0) is 11.8 Å². The number of aryl methyl sites for hydroxylation is 1. The first-order chi connectivity index (χ1) is 17.0. The molecule has 1 aromatic carbocycles. The number of carbonyl (C=O) groups excluding carboxylic acids is 1. The number of allylic oxidation sites excluding steroid dienone is 1. The summed E-state index contributed by atoms with van der Waals surface area (Å²) in [6, 6.07) is 6.76. The molecular formula is C29H43N5O. The Balaban J connectivity index is 1.17. The highest BCUT2D eigenvalue weighted by Crippen LogP contribution is 2.35. The number of hydrogen-bond donors (Lipinski definition) is 1. The summed E-state index contributed by atoms with van der Waals surface area (Å²) in [5, 5.41) is 8.93. The number of aromatic nitrogens is 2. The highest BCUT2D eigenvalue weighted by molar-refractivity contribution is 5.87. The third kappa shape index (κ3) is 5.58. The van der Waals surface area contributed by atoms with E-state index < -0.39 is 0 Å². The summed E-state index contributed by atoms with van der Waals surface area (Å²) in [5.74, 6) is 1.95. The molecular weight excluding hydrogens is 434 g/mol. The van der Waals surface area contributed by atoms with Crippen LogP contribution in [0.15, 0.2) is 30.5 Å². The fourth-order valence-electron chi connectivity index (χ4n) is 6.52. The van der Waals surface area contributed by atoms with Gasteiger partial charge in [0.25, 0.3) is 0 Å². The maximum Gasteiger partial charge on any atom is 0.224 e. The molecule has 0 spiro atoms. The molecule has 1 aromatic heterocycles. The van der Waals surface area contributed by atoms with Crippen molar-refractivity contribution in [3.8, 4) is 0 Å². The van der Waals surface area contributed by atoms with E-state index in [9.17, 15) is 4.79 Å². The molecule has 5 rings (SSSR count). The minimum Gasteiger partial charge on any atom is -0.369 e. The number of rotatable bonds is 7. The van der Waals surface area contributed by atoms with Crippen molar-refractivity contribution in [2.75, 3.05) is 37.6 Å². The fourth-order valence-corrected chi connectivity index (χ4v) is 6.52. The number of nitrogens with one attached hydrogen (secondary N) is 1. The Kier molecular flexibility index (Phi) is 7.47. The van der Waals surface area contributed by atoms with Crippen LogP contribution in [0.4, 0.5) is 5.69 Å². The van der Waals surface area contributed by atoms with E-state index >= 15 is 0 Å². The Morgan fingerprint density at radius 2 is 1.89 bits per heavy atom. The van der Waals surface area contributed by atoms with Gasteiger partial charge in [-0.1, -0.05) is 52.0 Å². The van der Waals surface area contributed by atoms with E-state index in [4.69, 9.17) is 5.10 Å². The molecule has 1 amide bonds. The third-order valence-electron chi connectivity index (χ3n) is 8.67. The molecule has 1 saturated carbocycles. The van der Waals surface area contributed by atoms with Crippen molar-refractivity contribution in [2.24, 2.45) is 18.9 Å². The van der Waals surface area contributed by atoms with E-state index in [1.807, 2.05) is 11.7 Å². The van der Waals surface area contributed by atoms with Crippen LogP contribution in [0.5, 0.6) is 0 Å². The molecule has 6 nitrogen and oxygen atoms in total. The van der Waals surface area contributed by atoms with Gasteiger partial charge in [-0.3, -0.25) is 14.4 Å². The van der Waals surface area contributed by atoms with E-state index in [1.165, 1.54) is 62.6 Å². The predicted molar refractivity (Wildman–Crippen MR) is 144 cm³/mol. The quantitative estimate of drug-likeness (QED) is 0.596. The summed E-state index contributed by atoms with van der Waals surface area (Å²) in [6.45, 7) is 12.2. The van der Waals surface area contributed by atoms with Crippen LogP contribution in [0.25, 0.3) is 10.9 Å². The molecule has 0 radical (unpaired) electrons. The average Bonchev–Trinajstić information content (AvgIpc) is 3.19. The molecule has 3 heterocycles. The number of carbonyl (C=O) groups is 1. The molecule has 3 fully saturated rings. The molecule has 1 N–H and O–H groups in total. The van der Waals surface area contributed by atoms with Crippen LogP contribution in [-0.4, -0.2) is 53.3 Å². The van der Waals surface area contributed by atoms with E-state index in [0.29, 0.717) is 6.42 Å². The van der Waals surface area contributed by atoms with Gasteiger partial charge in [0.1, 0.15) is 0 Å². The minimum atomic E-state index is 0.0616. The Bertz CT molecular complexity index is 1040. The third-order valence-corrected chi connectivity index (χ3v) is 8.67. The van der Waals surface area contributed by atoms with Crippen molar-refractivity contribution in [1.29, 1.82) is 0 Å². The lowest BCUT2D eigenvalue weighted by Gasteiger charge is -2.37. The first-order valence-electron chi connectivity index (χ1n) is 13.9. The average molecular weight is 478 g/mol. The van der Waals surface area contributed by atoms with Crippen molar-refractivity contribution >= 4 is 22.5 Å². The second-order valence-corrected chi connectivity index (χ2v) is 11.3. The normalized spacial score (nSPS) is 23.6. The molecule has 1 aliphatic carbocycles. The van der Waals surface area contributed by atoms with Crippen LogP contribution in [0.3, 0.4) is 0 Å². The molecule has 35 heavy (non-hydrogen) atoms. The largest absolute Gasteiger partial charge is 0.369 e. The molecule has 2 aromatic rings. The number of nitrogens with zero attached hydrogens (tertiary/aromatic N) is 4. The molecule has 2 aliphatic heterocycles. The van der Waals surface area contributed by atoms with Crippen molar-refractivity contribution in [3.63, 3.8) is 0 Å². The number of piperazine rings is 1. The second kappa shape index (κ2) is 10.7. The summed E-state index contributed by atoms with van der Waals surface area (Å²) < 4.78 is 1.99.